The highest BCUT2D eigenvalue weighted by molar-refractivity contribution is 9.10. The predicted octanol–water partition coefficient (Wildman–Crippen LogP) is 2.65. The molecule has 0 heterocycles. The molecular weight excluding hydrogens is 296 g/mol. The number of amides is 2. The highest BCUT2D eigenvalue weighted by atomic mass is 79.9. The first-order valence-electron chi connectivity index (χ1n) is 5.87. The smallest absolute Gasteiger partial charge is 0.313 e. The zero-order valence-electron chi connectivity index (χ0n) is 10.6. The maximum atomic E-state index is 11.8. The first-order chi connectivity index (χ1) is 8.56. The fourth-order valence-corrected chi connectivity index (χ4v) is 1.79. The van der Waals surface area contributed by atoms with Gasteiger partial charge in [0.2, 0.25) is 0 Å². The van der Waals surface area contributed by atoms with E-state index in [-0.39, 0.29) is 0 Å². The molecular formula is C13H17BrN2O2. The Balaban J connectivity index is 2.60. The fourth-order valence-electron chi connectivity index (χ4n) is 1.41. The number of hydrogen-bond acceptors (Lipinski definition) is 2. The van der Waals surface area contributed by atoms with Crippen LogP contribution in [0.15, 0.2) is 28.7 Å². The summed E-state index contributed by atoms with van der Waals surface area (Å²) in [5.74, 6) is -1.13. The molecule has 1 N–H and O–H groups in total. The van der Waals surface area contributed by atoms with E-state index in [9.17, 15) is 9.59 Å². The molecule has 0 aromatic heterocycles. The molecule has 1 aromatic carbocycles. The SMILES string of the molecule is CCCCN(C)C(=O)C(=O)Nc1ccccc1Br. The van der Waals surface area contributed by atoms with E-state index in [0.29, 0.717) is 12.2 Å². The lowest BCUT2D eigenvalue weighted by Crippen LogP contribution is -2.37. The third-order valence-electron chi connectivity index (χ3n) is 2.51. The molecule has 0 bridgehead atoms. The van der Waals surface area contributed by atoms with Gasteiger partial charge in [-0.05, 0) is 34.5 Å². The molecule has 1 rings (SSSR count). The lowest BCUT2D eigenvalue weighted by Gasteiger charge is -2.16. The lowest BCUT2D eigenvalue weighted by molar-refractivity contribution is -0.142. The van der Waals surface area contributed by atoms with E-state index < -0.39 is 11.8 Å². The molecule has 0 unspecified atom stereocenters. The molecule has 0 atom stereocenters. The average Bonchev–Trinajstić information content (AvgIpc) is 2.37. The molecule has 0 aliphatic carbocycles. The lowest BCUT2D eigenvalue weighted by atomic mass is 10.3. The number of carbonyl (C=O) groups excluding carboxylic acids is 2. The van der Waals surface area contributed by atoms with E-state index in [1.54, 1.807) is 25.2 Å². The molecule has 98 valence electrons. The average molecular weight is 313 g/mol. The summed E-state index contributed by atoms with van der Waals surface area (Å²) >= 11 is 3.31. The topological polar surface area (TPSA) is 49.4 Å². The summed E-state index contributed by atoms with van der Waals surface area (Å²) in [7, 11) is 1.64. The Hall–Kier alpha value is -1.36. The number of nitrogens with one attached hydrogen (secondary N) is 1. The normalized spacial score (nSPS) is 9.94. The summed E-state index contributed by atoms with van der Waals surface area (Å²) in [4.78, 5) is 24.9. The van der Waals surface area contributed by atoms with Crippen molar-refractivity contribution in [2.75, 3.05) is 18.9 Å². The Morgan fingerprint density at radius 1 is 1.33 bits per heavy atom. The second-order valence-electron chi connectivity index (χ2n) is 4.01. The van der Waals surface area contributed by atoms with Gasteiger partial charge in [0.05, 0.1) is 5.69 Å². The van der Waals surface area contributed by atoms with Gasteiger partial charge in [-0.3, -0.25) is 9.59 Å². The van der Waals surface area contributed by atoms with Crippen LogP contribution in [0.25, 0.3) is 0 Å². The molecule has 0 radical (unpaired) electrons. The van der Waals surface area contributed by atoms with E-state index in [1.165, 1.54) is 4.90 Å². The van der Waals surface area contributed by atoms with Crippen LogP contribution in [0.1, 0.15) is 19.8 Å². The predicted molar refractivity (Wildman–Crippen MR) is 75.3 cm³/mol. The first-order valence-corrected chi connectivity index (χ1v) is 6.66. The maximum Gasteiger partial charge on any atom is 0.313 e. The van der Waals surface area contributed by atoms with Crippen molar-refractivity contribution in [1.29, 1.82) is 0 Å². The van der Waals surface area contributed by atoms with Gasteiger partial charge < -0.3 is 10.2 Å². The molecule has 0 aliphatic rings. The Kier molecular flexibility index (Phi) is 5.85. The summed E-state index contributed by atoms with van der Waals surface area (Å²) in [6, 6.07) is 7.18. The van der Waals surface area contributed by atoms with Crippen LogP contribution in [0.3, 0.4) is 0 Å². The summed E-state index contributed by atoms with van der Waals surface area (Å²) in [5, 5.41) is 2.59. The van der Waals surface area contributed by atoms with Gasteiger partial charge in [-0.1, -0.05) is 25.5 Å². The highest BCUT2D eigenvalue weighted by Crippen LogP contribution is 2.21. The molecule has 0 saturated carbocycles. The molecule has 0 saturated heterocycles. The van der Waals surface area contributed by atoms with Crippen molar-refractivity contribution >= 4 is 33.4 Å². The Morgan fingerprint density at radius 2 is 2.00 bits per heavy atom. The molecule has 1 aromatic rings. The number of anilines is 1. The van der Waals surface area contributed by atoms with Crippen molar-refractivity contribution < 1.29 is 9.59 Å². The Bertz CT molecular complexity index is 435. The monoisotopic (exact) mass is 312 g/mol. The van der Waals surface area contributed by atoms with E-state index in [0.717, 1.165) is 17.3 Å². The van der Waals surface area contributed by atoms with Gasteiger partial charge in [0, 0.05) is 18.1 Å². The van der Waals surface area contributed by atoms with E-state index in [1.807, 2.05) is 13.0 Å². The standard InChI is InChI=1S/C13H17BrN2O2/c1-3-4-9-16(2)13(18)12(17)15-11-8-6-5-7-10(11)14/h5-8H,3-4,9H2,1-2H3,(H,15,17). The summed E-state index contributed by atoms with van der Waals surface area (Å²) in [5.41, 5.74) is 0.597. The molecule has 18 heavy (non-hydrogen) atoms. The van der Waals surface area contributed by atoms with Gasteiger partial charge in [-0.15, -0.1) is 0 Å². The van der Waals surface area contributed by atoms with Crippen molar-refractivity contribution in [3.8, 4) is 0 Å². The Morgan fingerprint density at radius 3 is 2.61 bits per heavy atom. The highest BCUT2D eigenvalue weighted by Gasteiger charge is 2.18. The number of carbonyl (C=O) groups is 2. The Labute approximate surface area is 115 Å². The van der Waals surface area contributed by atoms with Gasteiger partial charge in [-0.25, -0.2) is 0 Å². The van der Waals surface area contributed by atoms with Crippen molar-refractivity contribution in [3.63, 3.8) is 0 Å². The molecule has 0 aliphatic heterocycles. The minimum absolute atomic E-state index is 0.515. The van der Waals surface area contributed by atoms with Crippen LogP contribution in [0, 0.1) is 0 Å². The van der Waals surface area contributed by atoms with Gasteiger partial charge in [0.1, 0.15) is 0 Å². The van der Waals surface area contributed by atoms with Crippen LogP contribution < -0.4 is 5.32 Å². The zero-order valence-corrected chi connectivity index (χ0v) is 12.2. The van der Waals surface area contributed by atoms with Crippen molar-refractivity contribution in [3.05, 3.63) is 28.7 Å². The first kappa shape index (κ1) is 14.7. The zero-order chi connectivity index (χ0) is 13.5. The van der Waals surface area contributed by atoms with Gasteiger partial charge >= 0.3 is 11.8 Å². The van der Waals surface area contributed by atoms with Crippen LogP contribution in [-0.2, 0) is 9.59 Å². The molecule has 0 fully saturated rings. The number of hydrogen-bond donors (Lipinski definition) is 1. The minimum Gasteiger partial charge on any atom is -0.338 e. The van der Waals surface area contributed by atoms with Gasteiger partial charge in [0.15, 0.2) is 0 Å². The van der Waals surface area contributed by atoms with Crippen molar-refractivity contribution in [2.45, 2.75) is 19.8 Å². The number of nitrogens with zero attached hydrogens (tertiary/aromatic N) is 1. The quantitative estimate of drug-likeness (QED) is 0.869. The maximum absolute atomic E-state index is 11.8. The number of halogens is 1. The van der Waals surface area contributed by atoms with E-state index >= 15 is 0 Å². The summed E-state index contributed by atoms with van der Waals surface area (Å²) < 4.78 is 0.752. The van der Waals surface area contributed by atoms with Gasteiger partial charge in [-0.2, -0.15) is 0 Å². The molecule has 2 amide bonds. The third kappa shape index (κ3) is 4.14. The molecule has 4 nitrogen and oxygen atoms in total. The second kappa shape index (κ2) is 7.16. The number of benzene rings is 1. The largest absolute Gasteiger partial charge is 0.338 e. The van der Waals surface area contributed by atoms with Crippen LogP contribution in [0.4, 0.5) is 5.69 Å². The third-order valence-corrected chi connectivity index (χ3v) is 3.20. The van der Waals surface area contributed by atoms with Gasteiger partial charge in [0.25, 0.3) is 0 Å². The van der Waals surface area contributed by atoms with Crippen LogP contribution >= 0.6 is 15.9 Å². The minimum atomic E-state index is -0.611. The second-order valence-corrected chi connectivity index (χ2v) is 4.87. The summed E-state index contributed by atoms with van der Waals surface area (Å²) in [6.45, 7) is 2.64. The van der Waals surface area contributed by atoms with Crippen LogP contribution in [0.5, 0.6) is 0 Å². The van der Waals surface area contributed by atoms with E-state index in [4.69, 9.17) is 0 Å². The molecule has 5 heteroatoms. The van der Waals surface area contributed by atoms with Crippen molar-refractivity contribution in [2.24, 2.45) is 0 Å². The van der Waals surface area contributed by atoms with Crippen LogP contribution in [-0.4, -0.2) is 30.3 Å². The van der Waals surface area contributed by atoms with E-state index in [2.05, 4.69) is 21.2 Å². The summed E-state index contributed by atoms with van der Waals surface area (Å²) in [6.07, 6.45) is 1.88. The number of likely N-dealkylation sites (N-methyl/N-ethyl adjacent to an activating group) is 1. The van der Waals surface area contributed by atoms with Crippen molar-refractivity contribution in [1.82, 2.24) is 4.90 Å². The fraction of sp³-hybridized carbons (Fsp3) is 0.385. The molecule has 0 spiro atoms. The van der Waals surface area contributed by atoms with Crippen LogP contribution in [0.2, 0.25) is 0 Å². The number of rotatable bonds is 4. The number of para-hydroxylation sites is 1. The number of unbranched alkanes of at least 4 members (excludes halogenated alkanes) is 1.